The van der Waals surface area contributed by atoms with Crippen molar-refractivity contribution in [1.29, 1.82) is 0 Å². The Bertz CT molecular complexity index is 1050. The Hall–Kier alpha value is -3.25. The van der Waals surface area contributed by atoms with Gasteiger partial charge in [0.25, 0.3) is 0 Å². The van der Waals surface area contributed by atoms with Crippen LogP contribution in [0, 0.1) is 11.8 Å². The molecule has 4 rings (SSSR count). The minimum Gasteiger partial charge on any atom is -0.454 e. The molecule has 0 saturated carbocycles. The van der Waals surface area contributed by atoms with Gasteiger partial charge in [-0.3, -0.25) is 19.3 Å². The number of ketones is 1. The third-order valence-corrected chi connectivity index (χ3v) is 5.69. The first kappa shape index (κ1) is 20.0. The lowest BCUT2D eigenvalue weighted by Crippen LogP contribution is -2.31. The number of halogens is 1. The van der Waals surface area contributed by atoms with Crippen LogP contribution >= 0.6 is 11.6 Å². The summed E-state index contributed by atoms with van der Waals surface area (Å²) in [6.07, 6.45) is 4.91. The normalized spacial score (nSPS) is 20.2. The number of amides is 2. The van der Waals surface area contributed by atoms with Crippen molar-refractivity contribution in [3.8, 4) is 0 Å². The Morgan fingerprint density at radius 1 is 0.967 bits per heavy atom. The van der Waals surface area contributed by atoms with Crippen LogP contribution in [-0.2, 0) is 14.3 Å². The van der Waals surface area contributed by atoms with Crippen LogP contribution in [0.25, 0.3) is 0 Å². The first-order chi connectivity index (χ1) is 14.5. The van der Waals surface area contributed by atoms with Crippen molar-refractivity contribution >= 4 is 40.9 Å². The van der Waals surface area contributed by atoms with Gasteiger partial charge >= 0.3 is 5.97 Å². The minimum atomic E-state index is -0.726. The number of carbonyl (C=O) groups is 4. The SMILES string of the molecule is O=C(OCC(=O)c1ccccc1Cl)c1cccc(N2C(=O)C3CC=CCC3C2=O)c1. The number of rotatable bonds is 5. The molecule has 2 aromatic rings. The van der Waals surface area contributed by atoms with Gasteiger partial charge in [0.1, 0.15) is 0 Å². The number of ether oxygens (including phenoxy) is 1. The van der Waals surface area contributed by atoms with Gasteiger partial charge in [0.05, 0.1) is 28.1 Å². The molecular formula is C23H18ClNO5. The largest absolute Gasteiger partial charge is 0.454 e. The first-order valence-corrected chi connectivity index (χ1v) is 9.93. The fourth-order valence-electron chi connectivity index (χ4n) is 3.81. The van der Waals surface area contributed by atoms with Gasteiger partial charge in [-0.2, -0.15) is 0 Å². The molecule has 2 atom stereocenters. The molecule has 1 aliphatic heterocycles. The van der Waals surface area contributed by atoms with Crippen LogP contribution in [0.3, 0.4) is 0 Å². The first-order valence-electron chi connectivity index (χ1n) is 9.55. The van der Waals surface area contributed by atoms with Gasteiger partial charge in [-0.25, -0.2) is 4.79 Å². The second kappa shape index (κ2) is 8.24. The van der Waals surface area contributed by atoms with Crippen LogP contribution in [-0.4, -0.2) is 30.2 Å². The van der Waals surface area contributed by atoms with Crippen molar-refractivity contribution in [3.63, 3.8) is 0 Å². The number of esters is 1. The van der Waals surface area contributed by atoms with E-state index in [1.807, 2.05) is 12.2 Å². The molecule has 2 aliphatic rings. The van der Waals surface area contributed by atoms with Crippen LogP contribution in [0.4, 0.5) is 5.69 Å². The Morgan fingerprint density at radius 2 is 1.63 bits per heavy atom. The van der Waals surface area contributed by atoms with Crippen molar-refractivity contribution in [2.45, 2.75) is 12.8 Å². The van der Waals surface area contributed by atoms with Crippen LogP contribution in [0.1, 0.15) is 33.6 Å². The van der Waals surface area contributed by atoms with Crippen molar-refractivity contribution in [2.24, 2.45) is 11.8 Å². The number of hydrogen-bond acceptors (Lipinski definition) is 5. The molecule has 30 heavy (non-hydrogen) atoms. The standard InChI is InChI=1S/C23H18ClNO5/c24-19-11-4-3-10-18(19)20(26)13-30-23(29)14-6-5-7-15(12-14)25-21(27)16-8-1-2-9-17(16)22(25)28/h1-7,10-12,16-17H,8-9,13H2. The Morgan fingerprint density at radius 3 is 2.30 bits per heavy atom. The summed E-state index contributed by atoms with van der Waals surface area (Å²) in [5.41, 5.74) is 0.740. The maximum Gasteiger partial charge on any atom is 0.338 e. The lowest BCUT2D eigenvalue weighted by atomic mass is 9.85. The third kappa shape index (κ3) is 3.66. The summed E-state index contributed by atoms with van der Waals surface area (Å²) in [6, 6.07) is 12.6. The highest BCUT2D eigenvalue weighted by molar-refractivity contribution is 6.34. The van der Waals surface area contributed by atoms with E-state index in [0.717, 1.165) is 4.90 Å². The topological polar surface area (TPSA) is 80.8 Å². The number of nitrogens with zero attached hydrogens (tertiary/aromatic N) is 1. The molecule has 1 aliphatic carbocycles. The summed E-state index contributed by atoms with van der Waals surface area (Å²) in [5, 5.41) is 0.280. The fraction of sp³-hybridized carbons (Fsp3) is 0.217. The van der Waals surface area contributed by atoms with Crippen LogP contribution in [0.2, 0.25) is 5.02 Å². The van der Waals surface area contributed by atoms with Crippen LogP contribution in [0.15, 0.2) is 60.7 Å². The van der Waals surface area contributed by atoms with Crippen molar-refractivity contribution in [2.75, 3.05) is 11.5 Å². The zero-order valence-corrected chi connectivity index (χ0v) is 16.7. The van der Waals surface area contributed by atoms with Crippen molar-refractivity contribution < 1.29 is 23.9 Å². The molecular weight excluding hydrogens is 406 g/mol. The highest BCUT2D eigenvalue weighted by atomic mass is 35.5. The number of anilines is 1. The maximum absolute atomic E-state index is 12.7. The highest BCUT2D eigenvalue weighted by Crippen LogP contribution is 2.37. The third-order valence-electron chi connectivity index (χ3n) is 5.36. The van der Waals surface area contributed by atoms with Gasteiger partial charge in [-0.1, -0.05) is 42.0 Å². The van der Waals surface area contributed by atoms with Crippen molar-refractivity contribution in [3.05, 3.63) is 76.8 Å². The van der Waals surface area contributed by atoms with E-state index in [0.29, 0.717) is 18.5 Å². The van der Waals surface area contributed by atoms with E-state index in [9.17, 15) is 19.2 Å². The number of hydrogen-bond donors (Lipinski definition) is 0. The second-order valence-corrected chi connectivity index (χ2v) is 7.60. The number of Topliss-reactive ketones (excluding diaryl/α,β-unsaturated/α-hetero) is 1. The molecule has 0 radical (unpaired) electrons. The van der Waals surface area contributed by atoms with E-state index >= 15 is 0 Å². The highest BCUT2D eigenvalue weighted by Gasteiger charge is 2.47. The lowest BCUT2D eigenvalue weighted by Gasteiger charge is -2.15. The number of imide groups is 1. The molecule has 0 aromatic heterocycles. The van der Waals surface area contributed by atoms with E-state index in [-0.39, 0.29) is 39.8 Å². The summed E-state index contributed by atoms with van der Waals surface area (Å²) in [6.45, 7) is -0.468. The van der Waals surface area contributed by atoms with E-state index in [4.69, 9.17) is 16.3 Å². The number of fused-ring (bicyclic) bond motifs is 1. The van der Waals surface area contributed by atoms with Crippen molar-refractivity contribution in [1.82, 2.24) is 0 Å². The van der Waals surface area contributed by atoms with E-state index < -0.39 is 18.4 Å². The predicted octanol–water partition coefficient (Wildman–Crippen LogP) is 3.84. The Balaban J connectivity index is 1.48. The number of carbonyl (C=O) groups excluding carboxylic acids is 4. The van der Waals surface area contributed by atoms with E-state index in [1.165, 1.54) is 12.1 Å². The molecule has 0 spiro atoms. The summed E-state index contributed by atoms with van der Waals surface area (Å²) >= 11 is 5.99. The lowest BCUT2D eigenvalue weighted by molar-refractivity contribution is -0.122. The Labute approximate surface area is 178 Å². The van der Waals surface area contributed by atoms with Crippen LogP contribution in [0.5, 0.6) is 0 Å². The quantitative estimate of drug-likeness (QED) is 0.316. The zero-order chi connectivity index (χ0) is 21.3. The number of benzene rings is 2. The molecule has 1 saturated heterocycles. The molecule has 1 heterocycles. The summed E-state index contributed by atoms with van der Waals surface area (Å²) < 4.78 is 5.12. The monoisotopic (exact) mass is 423 g/mol. The van der Waals surface area contributed by atoms with Crippen LogP contribution < -0.4 is 4.90 Å². The molecule has 2 amide bonds. The molecule has 1 fully saturated rings. The molecule has 0 N–H and O–H groups in total. The molecule has 2 aromatic carbocycles. The minimum absolute atomic E-state index is 0.146. The average molecular weight is 424 g/mol. The zero-order valence-electron chi connectivity index (χ0n) is 15.9. The van der Waals surface area contributed by atoms with E-state index in [2.05, 4.69) is 0 Å². The summed E-state index contributed by atoms with van der Waals surface area (Å²) in [7, 11) is 0. The maximum atomic E-state index is 12.7. The summed E-state index contributed by atoms with van der Waals surface area (Å²) in [5.74, 6) is -2.37. The van der Waals surface area contributed by atoms with Gasteiger partial charge in [0, 0.05) is 5.56 Å². The molecule has 6 nitrogen and oxygen atoms in total. The number of allylic oxidation sites excluding steroid dienone is 2. The molecule has 152 valence electrons. The van der Waals surface area contributed by atoms with E-state index in [1.54, 1.807) is 36.4 Å². The smallest absolute Gasteiger partial charge is 0.338 e. The van der Waals surface area contributed by atoms with Gasteiger partial charge in [0.2, 0.25) is 17.6 Å². The Kier molecular flexibility index (Phi) is 5.50. The van der Waals surface area contributed by atoms with Gasteiger partial charge < -0.3 is 4.74 Å². The fourth-order valence-corrected chi connectivity index (χ4v) is 4.05. The predicted molar refractivity (Wildman–Crippen MR) is 110 cm³/mol. The van der Waals surface area contributed by atoms with Gasteiger partial charge in [0.15, 0.2) is 6.61 Å². The summed E-state index contributed by atoms with van der Waals surface area (Å²) in [4.78, 5) is 51.3. The molecule has 2 unspecified atom stereocenters. The molecule has 0 bridgehead atoms. The van der Waals surface area contributed by atoms with Gasteiger partial charge in [-0.05, 0) is 43.2 Å². The molecule has 7 heteroatoms. The second-order valence-electron chi connectivity index (χ2n) is 7.20. The van der Waals surface area contributed by atoms with Gasteiger partial charge in [-0.15, -0.1) is 0 Å². The average Bonchev–Trinajstić information content (AvgIpc) is 3.02.